The Morgan fingerprint density at radius 2 is 1.79 bits per heavy atom. The van der Waals surface area contributed by atoms with Crippen molar-refractivity contribution in [2.75, 3.05) is 13.7 Å². The second-order valence-corrected chi connectivity index (χ2v) is 7.13. The third kappa shape index (κ3) is 4.64. The summed E-state index contributed by atoms with van der Waals surface area (Å²) in [6.07, 6.45) is 0. The first kappa shape index (κ1) is 21.9. The molecule has 8 heteroatoms. The second kappa shape index (κ2) is 9.44. The first-order valence-electron chi connectivity index (χ1n) is 10.2. The largest absolute Gasteiger partial charge is 0.497 e. The highest BCUT2D eigenvalue weighted by Gasteiger charge is 2.24. The lowest BCUT2D eigenvalue weighted by Crippen LogP contribution is -2.05. The zero-order chi connectivity index (χ0) is 23.4. The molecule has 3 aromatic carbocycles. The average molecular weight is 447 g/mol. The summed E-state index contributed by atoms with van der Waals surface area (Å²) >= 11 is 0. The lowest BCUT2D eigenvalue weighted by Gasteiger charge is -2.07. The van der Waals surface area contributed by atoms with Gasteiger partial charge in [0.05, 0.1) is 18.6 Å². The van der Waals surface area contributed by atoms with Gasteiger partial charge in [-0.15, -0.1) is 0 Å². The third-order valence-electron chi connectivity index (χ3n) is 5.02. The molecule has 33 heavy (non-hydrogen) atoms. The van der Waals surface area contributed by atoms with Crippen LogP contribution in [0.4, 0.5) is 5.69 Å². The molecule has 0 bridgehead atoms. The minimum Gasteiger partial charge on any atom is -0.497 e. The number of nitrogens with zero attached hydrogens (tertiary/aromatic N) is 1. The van der Waals surface area contributed by atoms with Crippen molar-refractivity contribution in [2.45, 2.75) is 13.5 Å². The van der Waals surface area contributed by atoms with E-state index in [1.165, 1.54) is 12.1 Å². The monoisotopic (exact) mass is 447 g/mol. The number of carbonyl (C=O) groups excluding carboxylic acids is 1. The van der Waals surface area contributed by atoms with Gasteiger partial charge in [-0.1, -0.05) is 12.1 Å². The molecule has 0 aliphatic heterocycles. The summed E-state index contributed by atoms with van der Waals surface area (Å²) in [6.45, 7) is 2.09. The van der Waals surface area contributed by atoms with Crippen molar-refractivity contribution in [3.8, 4) is 22.8 Å². The van der Waals surface area contributed by atoms with E-state index < -0.39 is 10.9 Å². The molecule has 0 aliphatic carbocycles. The van der Waals surface area contributed by atoms with Crippen LogP contribution in [0.2, 0.25) is 0 Å². The van der Waals surface area contributed by atoms with Crippen molar-refractivity contribution in [3.63, 3.8) is 0 Å². The molecule has 168 valence electrons. The van der Waals surface area contributed by atoms with Crippen molar-refractivity contribution >= 4 is 22.6 Å². The van der Waals surface area contributed by atoms with E-state index in [0.717, 1.165) is 0 Å². The molecule has 0 atom stereocenters. The van der Waals surface area contributed by atoms with Gasteiger partial charge >= 0.3 is 5.97 Å². The first-order valence-corrected chi connectivity index (χ1v) is 10.2. The second-order valence-electron chi connectivity index (χ2n) is 7.13. The Balaban J connectivity index is 1.69. The van der Waals surface area contributed by atoms with E-state index in [0.29, 0.717) is 44.9 Å². The highest BCUT2D eigenvalue weighted by atomic mass is 16.6. The molecule has 0 spiro atoms. The van der Waals surface area contributed by atoms with E-state index in [2.05, 4.69) is 0 Å². The number of nitro benzene ring substituents is 1. The highest BCUT2D eigenvalue weighted by Crippen LogP contribution is 2.36. The molecule has 0 N–H and O–H groups in total. The predicted octanol–water partition coefficient (Wildman–Crippen LogP) is 5.77. The number of ether oxygens (including phenoxy) is 3. The van der Waals surface area contributed by atoms with E-state index in [9.17, 15) is 14.9 Å². The van der Waals surface area contributed by atoms with Crippen molar-refractivity contribution in [2.24, 2.45) is 0 Å². The topological polar surface area (TPSA) is 101 Å². The smallest absolute Gasteiger partial charge is 0.342 e. The van der Waals surface area contributed by atoms with Gasteiger partial charge in [-0.3, -0.25) is 10.1 Å². The summed E-state index contributed by atoms with van der Waals surface area (Å²) in [7, 11) is 1.58. The number of furan rings is 1. The van der Waals surface area contributed by atoms with Crippen LogP contribution < -0.4 is 9.47 Å². The summed E-state index contributed by atoms with van der Waals surface area (Å²) in [5.74, 6) is 1.06. The molecule has 0 fully saturated rings. The Bertz CT molecular complexity index is 1310. The van der Waals surface area contributed by atoms with Crippen LogP contribution in [0.5, 0.6) is 11.5 Å². The number of hydrogen-bond acceptors (Lipinski definition) is 7. The van der Waals surface area contributed by atoms with Crippen LogP contribution in [0, 0.1) is 10.1 Å². The van der Waals surface area contributed by atoms with Crippen LogP contribution in [0.25, 0.3) is 22.3 Å². The molecular formula is C25H21NO7. The number of benzene rings is 3. The molecule has 0 saturated carbocycles. The number of esters is 1. The van der Waals surface area contributed by atoms with Gasteiger partial charge in [0.1, 0.15) is 35.0 Å². The molecule has 1 heterocycles. The number of nitro groups is 1. The molecular weight excluding hydrogens is 426 g/mol. The van der Waals surface area contributed by atoms with Crippen molar-refractivity contribution < 1.29 is 28.3 Å². The standard InChI is InChI=1S/C25H21NO7/c1-3-31-25(27)23-21-14-20(32-15-16-5-4-6-18(13-16)26(28)29)11-12-22(21)33-24(23)17-7-9-19(30-2)10-8-17/h4-14H,3,15H2,1-2H3. The number of non-ortho nitro benzene ring substituents is 1. The normalized spacial score (nSPS) is 10.7. The predicted molar refractivity (Wildman–Crippen MR) is 122 cm³/mol. The van der Waals surface area contributed by atoms with Crippen molar-refractivity contribution in [3.05, 3.63) is 88.0 Å². The molecule has 0 saturated heterocycles. The highest BCUT2D eigenvalue weighted by molar-refractivity contribution is 6.09. The van der Waals surface area contributed by atoms with Crippen LogP contribution >= 0.6 is 0 Å². The fourth-order valence-electron chi connectivity index (χ4n) is 3.44. The van der Waals surface area contributed by atoms with Crippen LogP contribution in [-0.4, -0.2) is 24.6 Å². The maximum Gasteiger partial charge on any atom is 0.342 e. The van der Waals surface area contributed by atoms with Gasteiger partial charge in [-0.25, -0.2) is 4.79 Å². The Kier molecular flexibility index (Phi) is 6.26. The molecule has 1 aromatic heterocycles. The Hall–Kier alpha value is -4.33. The molecule has 0 amide bonds. The van der Waals surface area contributed by atoms with E-state index in [-0.39, 0.29) is 18.9 Å². The maximum absolute atomic E-state index is 12.8. The first-order chi connectivity index (χ1) is 16.0. The number of hydrogen-bond donors (Lipinski definition) is 0. The fourth-order valence-corrected chi connectivity index (χ4v) is 3.44. The lowest BCUT2D eigenvalue weighted by atomic mass is 10.1. The SMILES string of the molecule is CCOC(=O)c1c(-c2ccc(OC)cc2)oc2ccc(OCc3cccc([N+](=O)[O-])c3)cc12. The van der Waals surface area contributed by atoms with Gasteiger partial charge in [0, 0.05) is 23.1 Å². The van der Waals surface area contributed by atoms with E-state index in [4.69, 9.17) is 18.6 Å². The quantitative estimate of drug-likeness (QED) is 0.192. The fraction of sp³-hybridized carbons (Fsp3) is 0.160. The summed E-state index contributed by atoms with van der Waals surface area (Å²) in [5.41, 5.74) is 2.16. The van der Waals surface area contributed by atoms with Crippen molar-refractivity contribution in [1.29, 1.82) is 0 Å². The molecule has 8 nitrogen and oxygen atoms in total. The maximum atomic E-state index is 12.8. The molecule has 0 radical (unpaired) electrons. The van der Waals surface area contributed by atoms with Crippen LogP contribution in [-0.2, 0) is 11.3 Å². The Morgan fingerprint density at radius 1 is 1.03 bits per heavy atom. The summed E-state index contributed by atoms with van der Waals surface area (Å²) in [5, 5.41) is 11.5. The third-order valence-corrected chi connectivity index (χ3v) is 5.02. The summed E-state index contributed by atoms with van der Waals surface area (Å²) < 4.78 is 22.3. The molecule has 0 aliphatic rings. The van der Waals surface area contributed by atoms with Gasteiger partial charge in [0.15, 0.2) is 0 Å². The lowest BCUT2D eigenvalue weighted by molar-refractivity contribution is -0.384. The Labute approximate surface area is 189 Å². The van der Waals surface area contributed by atoms with E-state index in [1.54, 1.807) is 68.6 Å². The van der Waals surface area contributed by atoms with Crippen molar-refractivity contribution in [1.82, 2.24) is 0 Å². The summed E-state index contributed by atoms with van der Waals surface area (Å²) in [4.78, 5) is 23.4. The number of carbonyl (C=O) groups is 1. The minimum absolute atomic E-state index is 0.00452. The van der Waals surface area contributed by atoms with Gasteiger partial charge in [-0.2, -0.15) is 0 Å². The molecule has 4 rings (SSSR count). The van der Waals surface area contributed by atoms with E-state index in [1.807, 2.05) is 0 Å². The van der Waals surface area contributed by atoms with Crippen LogP contribution in [0.1, 0.15) is 22.8 Å². The minimum atomic E-state index is -0.502. The van der Waals surface area contributed by atoms with E-state index >= 15 is 0 Å². The number of methoxy groups -OCH3 is 1. The zero-order valence-electron chi connectivity index (χ0n) is 18.1. The van der Waals surface area contributed by atoms with Crippen LogP contribution in [0.15, 0.2) is 71.1 Å². The average Bonchev–Trinajstić information content (AvgIpc) is 3.22. The number of rotatable bonds is 8. The Morgan fingerprint density at radius 3 is 2.48 bits per heavy atom. The number of fused-ring (bicyclic) bond motifs is 1. The summed E-state index contributed by atoms with van der Waals surface area (Å²) in [6, 6.07) is 18.5. The molecule has 4 aromatic rings. The van der Waals surface area contributed by atoms with Gasteiger partial charge in [0.2, 0.25) is 0 Å². The van der Waals surface area contributed by atoms with Gasteiger partial charge in [-0.05, 0) is 55.0 Å². The molecule has 0 unspecified atom stereocenters. The van der Waals surface area contributed by atoms with Gasteiger partial charge < -0.3 is 18.6 Å². The zero-order valence-corrected chi connectivity index (χ0v) is 18.1. The van der Waals surface area contributed by atoms with Gasteiger partial charge in [0.25, 0.3) is 5.69 Å². The van der Waals surface area contributed by atoms with Crippen LogP contribution in [0.3, 0.4) is 0 Å².